The first-order chi connectivity index (χ1) is 30.6. The molecule has 0 fully saturated rings. The summed E-state index contributed by atoms with van der Waals surface area (Å²) in [4.78, 5) is 39.3. The summed E-state index contributed by atoms with van der Waals surface area (Å²) in [7, 11) is 1.62. The van der Waals surface area contributed by atoms with E-state index >= 15 is 0 Å². The van der Waals surface area contributed by atoms with Crippen molar-refractivity contribution in [3.05, 3.63) is 185 Å². The van der Waals surface area contributed by atoms with Gasteiger partial charge in [-0.2, -0.15) is 0 Å². The second-order valence-electron chi connectivity index (χ2n) is 15.3. The lowest BCUT2D eigenvalue weighted by atomic mass is 10.1. The number of methoxy groups -OCH3 is 1. The Labute approximate surface area is 389 Å². The molecule has 0 aliphatic rings. The second-order valence-corrected chi connectivity index (χ2v) is 18.4. The predicted octanol–water partition coefficient (Wildman–Crippen LogP) is 15.9. The Balaban J connectivity index is 0.000000209. The highest BCUT2D eigenvalue weighted by Gasteiger charge is 2.10. The fourth-order valence-corrected chi connectivity index (χ4v) is 8.23. The van der Waals surface area contributed by atoms with Crippen LogP contribution >= 0.6 is 35.3 Å². The van der Waals surface area contributed by atoms with Gasteiger partial charge in [-0.3, -0.25) is 14.4 Å². The molecule has 0 aliphatic heterocycles. The Morgan fingerprint density at radius 1 is 0.413 bits per heavy atom. The van der Waals surface area contributed by atoms with Crippen LogP contribution in [0.5, 0.6) is 11.5 Å². The van der Waals surface area contributed by atoms with E-state index in [2.05, 4.69) is 38.1 Å². The lowest BCUT2D eigenvalue weighted by Crippen LogP contribution is -1.97. The van der Waals surface area contributed by atoms with Gasteiger partial charge in [0.25, 0.3) is 0 Å². The Bertz CT molecular complexity index is 2230. The minimum absolute atomic E-state index is 0.0557. The molecule has 330 valence electrons. The van der Waals surface area contributed by atoms with Crippen LogP contribution in [-0.4, -0.2) is 29.1 Å². The fourth-order valence-electron chi connectivity index (χ4n) is 6.01. The molecule has 0 radical (unpaired) electrons. The molecular formula is C55H62O5S3. The molecule has 8 heteroatoms. The number of carbonyl (C=O) groups excluding carboxylic acids is 3. The minimum Gasteiger partial charge on any atom is -0.497 e. The molecule has 0 aliphatic carbocycles. The summed E-state index contributed by atoms with van der Waals surface area (Å²) >= 11 is 3.78. The molecule has 0 unspecified atom stereocenters. The zero-order valence-corrected chi connectivity index (χ0v) is 40.1. The SMILES string of the molecule is CCCCCCOc1ccc(SC(=O)c2ccc(C)cc2)cc1.CCCCCCc1ccc(SC(=O)c2ccc(C)cc2)cc1.COc1ccc(SC(=O)c2ccc(C)cc2)cc1. The molecule has 0 N–H and O–H groups in total. The third-order valence-corrected chi connectivity index (χ3v) is 12.7. The average Bonchev–Trinajstić information content (AvgIpc) is 3.30. The number of ether oxygens (including phenoxy) is 2. The van der Waals surface area contributed by atoms with Gasteiger partial charge >= 0.3 is 0 Å². The summed E-state index contributed by atoms with van der Waals surface area (Å²) in [6.07, 6.45) is 11.1. The molecule has 6 aromatic carbocycles. The predicted molar refractivity (Wildman–Crippen MR) is 267 cm³/mol. The van der Waals surface area contributed by atoms with Gasteiger partial charge in [0.15, 0.2) is 0 Å². The van der Waals surface area contributed by atoms with E-state index in [1.807, 2.05) is 142 Å². The molecule has 5 nitrogen and oxygen atoms in total. The third-order valence-electron chi connectivity index (χ3n) is 9.89. The molecule has 0 heterocycles. The molecule has 0 saturated carbocycles. The number of aryl methyl sites for hydroxylation is 4. The third kappa shape index (κ3) is 19.5. The zero-order chi connectivity index (χ0) is 45.2. The lowest BCUT2D eigenvalue weighted by Gasteiger charge is -2.07. The van der Waals surface area contributed by atoms with Crippen molar-refractivity contribution in [3.8, 4) is 11.5 Å². The molecule has 0 atom stereocenters. The number of rotatable bonds is 18. The van der Waals surface area contributed by atoms with Crippen molar-refractivity contribution in [3.63, 3.8) is 0 Å². The molecule has 6 aromatic rings. The van der Waals surface area contributed by atoms with E-state index in [1.165, 1.54) is 91.4 Å². The maximum absolute atomic E-state index is 12.2. The van der Waals surface area contributed by atoms with Gasteiger partial charge in [0.1, 0.15) is 11.5 Å². The van der Waals surface area contributed by atoms with Crippen LogP contribution in [0.2, 0.25) is 0 Å². The summed E-state index contributed by atoms with van der Waals surface area (Å²) in [6.45, 7) is 11.2. The second kappa shape index (κ2) is 28.6. The molecule has 0 aromatic heterocycles. The largest absolute Gasteiger partial charge is 0.497 e. The van der Waals surface area contributed by atoms with E-state index in [1.54, 1.807) is 7.11 Å². The van der Waals surface area contributed by atoms with Crippen molar-refractivity contribution in [1.82, 2.24) is 0 Å². The van der Waals surface area contributed by atoms with Crippen LogP contribution in [0.25, 0.3) is 0 Å². The van der Waals surface area contributed by atoms with Crippen molar-refractivity contribution in [2.45, 2.75) is 107 Å². The molecular weight excluding hydrogens is 837 g/mol. The summed E-state index contributed by atoms with van der Waals surface area (Å²) in [5, 5.41) is 0.231. The van der Waals surface area contributed by atoms with Crippen LogP contribution < -0.4 is 9.47 Å². The standard InChI is InChI=1S/C20H24O2S.C20H24OS.C15H14O2S/c1-3-4-5-6-15-22-18-11-13-19(14-12-18)23-20(21)17-9-7-16(2)8-10-17;1-3-4-5-6-7-17-10-14-19(15-11-17)22-20(21)18-12-8-16(2)9-13-18;1-11-3-5-12(6-4-11)15(16)18-14-9-7-13(17-2)8-10-14/h7-14H,3-6,15H2,1-2H3;8-15H,3-7H2,1-2H3;3-10H,1-2H3. The number of carbonyl (C=O) groups is 3. The van der Waals surface area contributed by atoms with Crippen LogP contribution in [0.3, 0.4) is 0 Å². The topological polar surface area (TPSA) is 69.7 Å². The Hall–Kier alpha value is -5.02. The first-order valence-electron chi connectivity index (χ1n) is 21.9. The maximum Gasteiger partial charge on any atom is 0.224 e. The van der Waals surface area contributed by atoms with E-state index < -0.39 is 0 Å². The number of hydrogen-bond donors (Lipinski definition) is 0. The summed E-state index contributed by atoms with van der Waals surface area (Å²) in [5.41, 5.74) is 7.07. The van der Waals surface area contributed by atoms with Gasteiger partial charge in [0, 0.05) is 31.4 Å². The first kappa shape index (κ1) is 50.6. The van der Waals surface area contributed by atoms with Crippen LogP contribution in [0.4, 0.5) is 0 Å². The van der Waals surface area contributed by atoms with Crippen molar-refractivity contribution >= 4 is 50.6 Å². The van der Waals surface area contributed by atoms with E-state index in [0.717, 1.165) is 73.5 Å². The average molecular weight is 899 g/mol. The van der Waals surface area contributed by atoms with Gasteiger partial charge in [0.2, 0.25) is 15.3 Å². The number of thioether (sulfide) groups is 3. The molecule has 0 saturated heterocycles. The highest BCUT2D eigenvalue weighted by Crippen LogP contribution is 2.27. The van der Waals surface area contributed by atoms with Crippen LogP contribution in [-0.2, 0) is 6.42 Å². The van der Waals surface area contributed by atoms with Gasteiger partial charge in [-0.05, 0) is 142 Å². The number of hydrogen-bond acceptors (Lipinski definition) is 8. The van der Waals surface area contributed by atoms with Crippen LogP contribution in [0.1, 0.15) is 119 Å². The Kier molecular flexibility index (Phi) is 23.0. The number of unbranched alkanes of at least 4 members (excludes halogenated alkanes) is 6. The van der Waals surface area contributed by atoms with Gasteiger partial charge in [0.05, 0.1) is 13.7 Å². The summed E-state index contributed by atoms with van der Waals surface area (Å²) in [5.74, 6) is 1.66. The van der Waals surface area contributed by atoms with Gasteiger partial charge in [-0.25, -0.2) is 0 Å². The Morgan fingerprint density at radius 2 is 0.762 bits per heavy atom. The zero-order valence-electron chi connectivity index (χ0n) is 37.7. The van der Waals surface area contributed by atoms with E-state index in [4.69, 9.17) is 9.47 Å². The quantitative estimate of drug-likeness (QED) is 0.0624. The minimum atomic E-state index is 0.0557. The lowest BCUT2D eigenvalue weighted by molar-refractivity contribution is 0.108. The molecule has 63 heavy (non-hydrogen) atoms. The molecule has 0 spiro atoms. The highest BCUT2D eigenvalue weighted by molar-refractivity contribution is 8.14. The van der Waals surface area contributed by atoms with E-state index in [0.29, 0.717) is 0 Å². The number of benzene rings is 6. The molecule has 0 amide bonds. The van der Waals surface area contributed by atoms with Crippen molar-refractivity contribution in [2.24, 2.45) is 0 Å². The maximum atomic E-state index is 12.2. The van der Waals surface area contributed by atoms with E-state index in [-0.39, 0.29) is 15.3 Å². The first-order valence-corrected chi connectivity index (χ1v) is 24.3. The fraction of sp³-hybridized carbons (Fsp3) is 0.291. The van der Waals surface area contributed by atoms with Gasteiger partial charge in [-0.15, -0.1) is 0 Å². The van der Waals surface area contributed by atoms with E-state index in [9.17, 15) is 14.4 Å². The highest BCUT2D eigenvalue weighted by atomic mass is 32.2. The van der Waals surface area contributed by atoms with Crippen molar-refractivity contribution in [1.29, 1.82) is 0 Å². The summed E-state index contributed by atoms with van der Waals surface area (Å²) < 4.78 is 10.8. The normalized spacial score (nSPS) is 10.4. The Morgan fingerprint density at radius 3 is 1.13 bits per heavy atom. The van der Waals surface area contributed by atoms with Crippen molar-refractivity contribution in [2.75, 3.05) is 13.7 Å². The smallest absolute Gasteiger partial charge is 0.224 e. The van der Waals surface area contributed by atoms with Gasteiger partial charge < -0.3 is 9.47 Å². The molecule has 0 bridgehead atoms. The molecule has 6 rings (SSSR count). The van der Waals surface area contributed by atoms with Crippen LogP contribution in [0.15, 0.2) is 160 Å². The summed E-state index contributed by atoms with van der Waals surface area (Å²) in [6, 6.07) is 46.7. The van der Waals surface area contributed by atoms with Crippen molar-refractivity contribution < 1.29 is 23.9 Å². The van der Waals surface area contributed by atoms with Gasteiger partial charge in [-0.1, -0.05) is 154 Å². The monoisotopic (exact) mass is 898 g/mol. The van der Waals surface area contributed by atoms with Crippen LogP contribution in [0, 0.1) is 20.8 Å².